The van der Waals surface area contributed by atoms with Crippen LogP contribution >= 0.6 is 0 Å². The van der Waals surface area contributed by atoms with Gasteiger partial charge in [0.05, 0.1) is 37.8 Å². The lowest BCUT2D eigenvalue weighted by atomic mass is 9.33. The SMILES string of the molecule is CC(C)(C)c1ccc(N(c2ccc(-c3cc4c5c(c3)N(c3ccc(C(C)(C)C)cc3)c3c(ccc6c3OCCCO6)B5c3ccc5c(c3N4c3ccc(C(C)(C)C)cc3)OCCCO5)cc2)c2ccc3cc(-c4cc5ccccc5o4)ccc3c2)cc1. The van der Waals surface area contributed by atoms with Crippen LogP contribution < -0.4 is 50.0 Å². The fourth-order valence-electron chi connectivity index (χ4n) is 13.3. The summed E-state index contributed by atoms with van der Waals surface area (Å²) in [5.74, 6) is 3.90. The number of ether oxygens (including phenoxy) is 4. The zero-order valence-electron chi connectivity index (χ0n) is 51.3. The number of furan rings is 1. The van der Waals surface area contributed by atoms with Crippen molar-refractivity contribution in [2.24, 2.45) is 0 Å². The molecule has 0 amide bonds. The Morgan fingerprint density at radius 2 is 0.851 bits per heavy atom. The Labute approximate surface area is 511 Å². The maximum absolute atomic E-state index is 6.93. The minimum absolute atomic E-state index is 0.000292. The van der Waals surface area contributed by atoms with Crippen LogP contribution in [-0.4, -0.2) is 33.1 Å². The van der Waals surface area contributed by atoms with Crippen molar-refractivity contribution in [1.29, 1.82) is 0 Å². The van der Waals surface area contributed by atoms with Crippen LogP contribution in [0.5, 0.6) is 23.0 Å². The lowest BCUT2D eigenvalue weighted by Crippen LogP contribution is -2.61. The molecular formula is C78H72BN3O5. The summed E-state index contributed by atoms with van der Waals surface area (Å²) in [5.41, 5.74) is 20.7. The number of hydrogen-bond acceptors (Lipinski definition) is 8. The highest BCUT2D eigenvalue weighted by molar-refractivity contribution is 7.00. The molecule has 0 saturated heterocycles. The van der Waals surface area contributed by atoms with Gasteiger partial charge in [-0.25, -0.2) is 0 Å². The Balaban J connectivity index is 0.934. The first kappa shape index (κ1) is 54.3. The molecule has 0 aliphatic carbocycles. The average Bonchev–Trinajstić information content (AvgIpc) is 0.865. The van der Waals surface area contributed by atoms with E-state index in [0.29, 0.717) is 26.4 Å². The first-order valence-corrected chi connectivity index (χ1v) is 30.9. The second-order valence-corrected chi connectivity index (χ2v) is 27.0. The highest BCUT2D eigenvalue weighted by Gasteiger charge is 2.47. The van der Waals surface area contributed by atoms with E-state index in [-0.39, 0.29) is 23.0 Å². The number of fused-ring (bicyclic) bond motifs is 10. The van der Waals surface area contributed by atoms with Crippen LogP contribution in [0.3, 0.4) is 0 Å². The third-order valence-electron chi connectivity index (χ3n) is 18.0. The van der Waals surface area contributed by atoms with Gasteiger partial charge in [0.1, 0.15) is 11.3 Å². The van der Waals surface area contributed by atoms with Crippen molar-refractivity contribution in [2.45, 2.75) is 91.4 Å². The summed E-state index contributed by atoms with van der Waals surface area (Å²) in [5, 5.41) is 3.38. The molecule has 15 rings (SSSR count). The van der Waals surface area contributed by atoms with E-state index >= 15 is 0 Å². The molecule has 5 heterocycles. The maximum atomic E-state index is 6.93. The third kappa shape index (κ3) is 9.54. The van der Waals surface area contributed by atoms with Crippen LogP contribution in [0.2, 0.25) is 0 Å². The van der Waals surface area contributed by atoms with Crippen LogP contribution in [0.25, 0.3) is 44.2 Å². The molecule has 4 aliphatic heterocycles. The van der Waals surface area contributed by atoms with Crippen molar-refractivity contribution < 1.29 is 23.4 Å². The monoisotopic (exact) mass is 1140 g/mol. The minimum Gasteiger partial charge on any atom is -0.489 e. The Hall–Kier alpha value is -9.34. The third-order valence-corrected chi connectivity index (χ3v) is 18.0. The molecule has 0 N–H and O–H groups in total. The summed E-state index contributed by atoms with van der Waals surface area (Å²) in [4.78, 5) is 7.30. The number of hydrogen-bond donors (Lipinski definition) is 0. The fraction of sp³-hybridized carbons (Fsp3) is 0.231. The molecule has 87 heavy (non-hydrogen) atoms. The second kappa shape index (κ2) is 20.7. The number of rotatable bonds is 7. The largest absolute Gasteiger partial charge is 0.489 e. The number of benzene rings is 10. The predicted molar refractivity (Wildman–Crippen MR) is 361 cm³/mol. The summed E-state index contributed by atoms with van der Waals surface area (Å²) < 4.78 is 33.3. The fourth-order valence-corrected chi connectivity index (χ4v) is 13.3. The van der Waals surface area contributed by atoms with Crippen molar-refractivity contribution in [2.75, 3.05) is 41.1 Å². The van der Waals surface area contributed by atoms with E-state index in [4.69, 9.17) is 23.4 Å². The van der Waals surface area contributed by atoms with Crippen molar-refractivity contribution >= 4 is 96.0 Å². The average molecular weight is 1140 g/mol. The summed E-state index contributed by atoms with van der Waals surface area (Å²) in [7, 11) is 0. The predicted octanol–water partition coefficient (Wildman–Crippen LogP) is 18.7. The molecule has 11 aromatic rings. The van der Waals surface area contributed by atoms with Crippen LogP contribution in [0, 0.1) is 0 Å². The van der Waals surface area contributed by atoms with Crippen LogP contribution in [0.15, 0.2) is 205 Å². The molecule has 0 fully saturated rings. The van der Waals surface area contributed by atoms with Crippen molar-refractivity contribution in [1.82, 2.24) is 0 Å². The lowest BCUT2D eigenvalue weighted by Gasteiger charge is -2.45. The first-order valence-electron chi connectivity index (χ1n) is 30.9. The van der Waals surface area contributed by atoms with Crippen molar-refractivity contribution in [3.63, 3.8) is 0 Å². The Kier molecular flexibility index (Phi) is 12.9. The van der Waals surface area contributed by atoms with Gasteiger partial charge in [-0.05, 0) is 174 Å². The quantitative estimate of drug-likeness (QED) is 0.146. The van der Waals surface area contributed by atoms with Crippen LogP contribution in [-0.2, 0) is 16.2 Å². The lowest BCUT2D eigenvalue weighted by molar-refractivity contribution is 0.297. The van der Waals surface area contributed by atoms with E-state index in [1.165, 1.54) is 22.2 Å². The summed E-state index contributed by atoms with van der Waals surface area (Å²) >= 11 is 0. The van der Waals surface area contributed by atoms with Crippen LogP contribution in [0.4, 0.5) is 51.2 Å². The van der Waals surface area contributed by atoms with Crippen molar-refractivity contribution in [3.05, 3.63) is 217 Å². The van der Waals surface area contributed by atoms with E-state index < -0.39 is 0 Å². The van der Waals surface area contributed by atoms with Gasteiger partial charge in [0.2, 0.25) is 0 Å². The molecule has 4 aliphatic rings. The minimum atomic E-state index is -0.210. The summed E-state index contributed by atoms with van der Waals surface area (Å²) in [6.45, 7) is 22.5. The molecule has 0 unspecified atom stereocenters. The Morgan fingerprint density at radius 3 is 1.38 bits per heavy atom. The number of nitrogens with zero attached hydrogens (tertiary/aromatic N) is 3. The molecule has 0 atom stereocenters. The Bertz CT molecular complexity index is 4290. The van der Waals surface area contributed by atoms with Gasteiger partial charge in [0, 0.05) is 63.6 Å². The van der Waals surface area contributed by atoms with E-state index in [9.17, 15) is 0 Å². The van der Waals surface area contributed by atoms with Gasteiger partial charge in [-0.3, -0.25) is 0 Å². The molecule has 0 radical (unpaired) electrons. The molecule has 0 bridgehead atoms. The van der Waals surface area contributed by atoms with Gasteiger partial charge in [-0.1, -0.05) is 159 Å². The zero-order valence-corrected chi connectivity index (χ0v) is 51.3. The molecule has 8 nitrogen and oxygen atoms in total. The van der Waals surface area contributed by atoms with Gasteiger partial charge in [-0.2, -0.15) is 0 Å². The molecule has 9 heteroatoms. The molecular weight excluding hydrogens is 1070 g/mol. The highest BCUT2D eigenvalue weighted by atomic mass is 16.5. The van der Waals surface area contributed by atoms with E-state index in [0.717, 1.165) is 142 Å². The van der Waals surface area contributed by atoms with Crippen molar-refractivity contribution in [3.8, 4) is 45.4 Å². The van der Waals surface area contributed by atoms with E-state index in [1.54, 1.807) is 0 Å². The Morgan fingerprint density at radius 1 is 0.391 bits per heavy atom. The summed E-state index contributed by atoms with van der Waals surface area (Å²) in [6, 6.07) is 73.9. The molecule has 432 valence electrons. The van der Waals surface area contributed by atoms with E-state index in [1.807, 2.05) is 12.1 Å². The molecule has 0 spiro atoms. The highest BCUT2D eigenvalue weighted by Crippen LogP contribution is 2.54. The number of para-hydroxylation sites is 1. The normalized spacial score (nSPS) is 14.5. The molecule has 1 aromatic heterocycles. The summed E-state index contributed by atoms with van der Waals surface area (Å²) in [6.07, 6.45) is 1.57. The first-order chi connectivity index (χ1) is 42.0. The van der Waals surface area contributed by atoms with Gasteiger partial charge in [-0.15, -0.1) is 0 Å². The van der Waals surface area contributed by atoms with Gasteiger partial charge >= 0.3 is 0 Å². The van der Waals surface area contributed by atoms with Gasteiger partial charge < -0.3 is 38.1 Å². The zero-order chi connectivity index (χ0) is 59.5. The number of anilines is 9. The van der Waals surface area contributed by atoms with Gasteiger partial charge in [0.15, 0.2) is 23.0 Å². The van der Waals surface area contributed by atoms with Crippen LogP contribution in [0.1, 0.15) is 91.8 Å². The second-order valence-electron chi connectivity index (χ2n) is 27.0. The van der Waals surface area contributed by atoms with Gasteiger partial charge in [0.25, 0.3) is 6.71 Å². The smallest absolute Gasteiger partial charge is 0.252 e. The molecule has 10 aromatic carbocycles. The maximum Gasteiger partial charge on any atom is 0.252 e. The standard InChI is InChI=1S/C78H72BN3O5/c1-76(2,3)55-21-30-59(31-22-55)80(62-29-20-50-44-53(17-16-51(50)45-62)70-48-52-14-10-11-15-67(52)87-70)58-27-18-49(19-28-58)54-46-65-71-66(47-54)82(61-34-25-57(26-35-61)78(7,8)9)73-64(37-39-69-75(73)86-43-13-41-84-69)79(71)63-36-38-68-74(85-42-12-40-83-68)72(63)81(65)60-32-23-56(24-33-60)77(4,5)6/h10-11,14-39,44-48H,12-13,40-43H2,1-9H3. The molecule has 0 saturated carbocycles. The topological polar surface area (TPSA) is 59.8 Å². The van der Waals surface area contributed by atoms with E-state index in [2.05, 4.69) is 265 Å².